The Hall–Kier alpha value is -4.33. The van der Waals surface area contributed by atoms with E-state index in [0.717, 1.165) is 16.5 Å². The summed E-state index contributed by atoms with van der Waals surface area (Å²) in [5, 5.41) is 0.720. The summed E-state index contributed by atoms with van der Waals surface area (Å²) >= 11 is 0. The van der Waals surface area contributed by atoms with Crippen molar-refractivity contribution in [2.24, 2.45) is 16.9 Å². The quantitative estimate of drug-likeness (QED) is 0.441. The van der Waals surface area contributed by atoms with E-state index in [4.69, 9.17) is 16.2 Å². The molecular weight excluding hydrogens is 423 g/mol. The first-order valence-corrected chi connectivity index (χ1v) is 10.3. The third-order valence-electron chi connectivity index (χ3n) is 6.12. The first-order chi connectivity index (χ1) is 15.9. The highest BCUT2D eigenvalue weighted by Gasteiger charge is 2.64. The van der Waals surface area contributed by atoms with Crippen molar-refractivity contribution in [1.29, 1.82) is 0 Å². The molecule has 0 saturated heterocycles. The molecule has 0 radical (unpaired) electrons. The topological polar surface area (TPSA) is 121 Å². The molecule has 1 fully saturated rings. The Kier molecular flexibility index (Phi) is 4.78. The monoisotopic (exact) mass is 442 g/mol. The van der Waals surface area contributed by atoms with Crippen LogP contribution in [0.1, 0.15) is 17.9 Å². The molecule has 8 heteroatoms. The average molecular weight is 442 g/mol. The lowest BCUT2D eigenvalue weighted by atomic mass is 9.97. The number of primary amides is 2. The number of halogens is 1. The van der Waals surface area contributed by atoms with Gasteiger partial charge in [-0.25, -0.2) is 4.39 Å². The van der Waals surface area contributed by atoms with E-state index in [-0.39, 0.29) is 12.2 Å². The number of ether oxygens (including phenoxy) is 1. The second-order valence-corrected chi connectivity index (χ2v) is 8.03. The van der Waals surface area contributed by atoms with Crippen molar-refractivity contribution < 1.29 is 18.7 Å². The zero-order chi connectivity index (χ0) is 23.2. The van der Waals surface area contributed by atoms with E-state index in [1.807, 2.05) is 30.3 Å². The van der Waals surface area contributed by atoms with Gasteiger partial charge in [-0.05, 0) is 53.9 Å². The van der Waals surface area contributed by atoms with Crippen molar-refractivity contribution in [2.75, 3.05) is 0 Å². The maximum absolute atomic E-state index is 14.9. The predicted octanol–water partition coefficient (Wildman–Crippen LogP) is 3.67. The first-order valence-electron chi connectivity index (χ1n) is 10.3. The zero-order valence-electron chi connectivity index (χ0n) is 17.4. The lowest BCUT2D eigenvalue weighted by Gasteiger charge is -2.12. The number of nitrogens with two attached hydrogens (primary N) is 2. The summed E-state index contributed by atoms with van der Waals surface area (Å²) in [7, 11) is 0. The molecular formula is C25H19FN4O3. The van der Waals surface area contributed by atoms with Gasteiger partial charge in [0.15, 0.2) is 11.6 Å². The van der Waals surface area contributed by atoms with Crippen LogP contribution in [0.5, 0.6) is 11.5 Å². The van der Waals surface area contributed by atoms with Gasteiger partial charge in [0.25, 0.3) is 0 Å². The van der Waals surface area contributed by atoms with Crippen LogP contribution in [0.2, 0.25) is 0 Å². The third kappa shape index (κ3) is 3.45. The van der Waals surface area contributed by atoms with Crippen LogP contribution in [0, 0.1) is 11.2 Å². The van der Waals surface area contributed by atoms with Gasteiger partial charge < -0.3 is 16.2 Å². The fourth-order valence-corrected chi connectivity index (χ4v) is 4.19. The molecule has 2 heterocycles. The van der Waals surface area contributed by atoms with E-state index in [0.29, 0.717) is 16.8 Å². The number of nitrogens with zero attached hydrogens (tertiary/aromatic N) is 2. The number of fused-ring (bicyclic) bond motifs is 1. The van der Waals surface area contributed by atoms with Crippen LogP contribution in [-0.4, -0.2) is 21.8 Å². The summed E-state index contributed by atoms with van der Waals surface area (Å²) in [6, 6.07) is 15.5. The summed E-state index contributed by atoms with van der Waals surface area (Å²) in [5.41, 5.74) is 12.3. The average Bonchev–Trinajstić information content (AvgIpc) is 3.58. The number of aromatic nitrogens is 2. The van der Waals surface area contributed by atoms with Gasteiger partial charge >= 0.3 is 0 Å². The summed E-state index contributed by atoms with van der Waals surface area (Å²) < 4.78 is 20.7. The van der Waals surface area contributed by atoms with E-state index in [9.17, 15) is 14.0 Å². The molecule has 5 rings (SSSR count). The summed E-state index contributed by atoms with van der Waals surface area (Å²) in [5.74, 6) is -2.31. The van der Waals surface area contributed by atoms with Crippen LogP contribution in [-0.2, 0) is 9.59 Å². The number of benzene rings is 2. The number of carbonyl (C=O) groups excluding carboxylic acids is 2. The van der Waals surface area contributed by atoms with Gasteiger partial charge in [-0.1, -0.05) is 18.2 Å². The second kappa shape index (κ2) is 7.67. The van der Waals surface area contributed by atoms with Crippen LogP contribution in [0.15, 0.2) is 73.2 Å². The van der Waals surface area contributed by atoms with Gasteiger partial charge in [-0.3, -0.25) is 19.6 Å². The highest BCUT2D eigenvalue weighted by molar-refractivity contribution is 6.08. The normalized spacial score (nSPS) is 16.3. The maximum Gasteiger partial charge on any atom is 0.233 e. The highest BCUT2D eigenvalue weighted by atomic mass is 19.1. The molecule has 1 atom stereocenters. The van der Waals surface area contributed by atoms with E-state index in [1.54, 1.807) is 30.7 Å². The van der Waals surface area contributed by atoms with E-state index < -0.39 is 29.0 Å². The summed E-state index contributed by atoms with van der Waals surface area (Å²) in [6.45, 7) is 0. The Morgan fingerprint density at radius 3 is 2.45 bits per heavy atom. The molecule has 7 nitrogen and oxygen atoms in total. The third-order valence-corrected chi connectivity index (χ3v) is 6.12. The summed E-state index contributed by atoms with van der Waals surface area (Å²) in [4.78, 5) is 32.0. The van der Waals surface area contributed by atoms with Crippen molar-refractivity contribution in [3.63, 3.8) is 0 Å². The maximum atomic E-state index is 14.9. The Balaban J connectivity index is 1.43. The van der Waals surface area contributed by atoms with Crippen molar-refractivity contribution >= 4 is 22.7 Å². The molecule has 4 N–H and O–H groups in total. The Bertz CT molecular complexity index is 1390. The van der Waals surface area contributed by atoms with Crippen molar-refractivity contribution in [3.8, 4) is 22.6 Å². The fraction of sp³-hybridized carbons (Fsp3) is 0.120. The molecule has 1 unspecified atom stereocenters. The fourth-order valence-electron chi connectivity index (χ4n) is 4.19. The molecule has 2 aromatic carbocycles. The zero-order valence-corrected chi connectivity index (χ0v) is 17.4. The predicted molar refractivity (Wildman–Crippen MR) is 120 cm³/mol. The summed E-state index contributed by atoms with van der Waals surface area (Å²) in [6.07, 6.45) is 5.24. The minimum atomic E-state index is -1.46. The Labute approximate surface area is 188 Å². The molecule has 2 amide bonds. The molecule has 4 aromatic rings. The number of pyridine rings is 2. The van der Waals surface area contributed by atoms with Gasteiger partial charge in [0.05, 0.1) is 5.52 Å². The second-order valence-electron chi connectivity index (χ2n) is 8.03. The van der Waals surface area contributed by atoms with E-state index in [1.165, 1.54) is 12.1 Å². The van der Waals surface area contributed by atoms with Crippen LogP contribution >= 0.6 is 0 Å². The van der Waals surface area contributed by atoms with Crippen LogP contribution < -0.4 is 16.2 Å². The smallest absolute Gasteiger partial charge is 0.233 e. The van der Waals surface area contributed by atoms with Crippen LogP contribution in [0.4, 0.5) is 4.39 Å². The van der Waals surface area contributed by atoms with Crippen molar-refractivity contribution in [2.45, 2.75) is 12.3 Å². The lowest BCUT2D eigenvalue weighted by Crippen LogP contribution is -2.38. The molecule has 1 aliphatic carbocycles. The molecule has 0 spiro atoms. The number of rotatable bonds is 6. The van der Waals surface area contributed by atoms with Crippen LogP contribution in [0.25, 0.3) is 22.0 Å². The lowest BCUT2D eigenvalue weighted by molar-refractivity contribution is -0.133. The van der Waals surface area contributed by atoms with Crippen LogP contribution in [0.3, 0.4) is 0 Å². The molecule has 164 valence electrons. The number of amides is 2. The van der Waals surface area contributed by atoms with Crippen molar-refractivity contribution in [3.05, 3.63) is 84.6 Å². The minimum Gasteiger partial charge on any atom is -0.454 e. The van der Waals surface area contributed by atoms with Gasteiger partial charge in [0.2, 0.25) is 11.8 Å². The molecule has 0 aliphatic heterocycles. The Morgan fingerprint density at radius 1 is 0.970 bits per heavy atom. The van der Waals surface area contributed by atoms with Gasteiger partial charge in [0, 0.05) is 35.5 Å². The molecule has 1 aliphatic rings. The number of hydrogen-bond donors (Lipinski definition) is 2. The molecule has 33 heavy (non-hydrogen) atoms. The van der Waals surface area contributed by atoms with E-state index >= 15 is 0 Å². The van der Waals surface area contributed by atoms with Crippen molar-refractivity contribution in [1.82, 2.24) is 9.97 Å². The van der Waals surface area contributed by atoms with Gasteiger partial charge in [0.1, 0.15) is 11.2 Å². The largest absolute Gasteiger partial charge is 0.454 e. The SMILES string of the molecule is NC(=O)C1(C(N)=O)CC1c1ccc(Oc2ccnc3cc(-c4cccnc4)ccc23)c(F)c1. The Morgan fingerprint density at radius 2 is 1.79 bits per heavy atom. The first kappa shape index (κ1) is 20.6. The highest BCUT2D eigenvalue weighted by Crippen LogP contribution is 2.59. The van der Waals surface area contributed by atoms with Gasteiger partial charge in [-0.15, -0.1) is 0 Å². The van der Waals surface area contributed by atoms with E-state index in [2.05, 4.69) is 9.97 Å². The molecule has 0 bridgehead atoms. The standard InChI is InChI=1S/C25H19FN4O3/c26-19-10-15(18-12-25(18,23(27)31)24(28)32)4-6-22(19)33-21-7-9-30-20-11-14(3-5-17(20)21)16-2-1-8-29-13-16/h1-11,13,18H,12H2,(H2,27,31)(H2,28,32). The van der Waals surface area contributed by atoms with Gasteiger partial charge in [-0.2, -0.15) is 0 Å². The molecule has 2 aromatic heterocycles. The number of hydrogen-bond acceptors (Lipinski definition) is 5. The number of carbonyl (C=O) groups is 2. The molecule has 1 saturated carbocycles. The minimum absolute atomic E-state index is 0.00647.